The van der Waals surface area contributed by atoms with Crippen LogP contribution in [-0.2, 0) is 9.59 Å². The monoisotopic (exact) mass is 679 g/mol. The molecule has 10 heteroatoms. The second-order valence-corrected chi connectivity index (χ2v) is 17.0. The number of hydrogen-bond acceptors (Lipinski definition) is 4. The third-order valence-electron chi connectivity index (χ3n) is 11.7. The third-order valence-corrected chi connectivity index (χ3v) is 11.7. The molecule has 10 nitrogen and oxygen atoms in total. The molecule has 0 radical (unpaired) electrons. The molecule has 2 aliphatic rings. The maximum Gasteiger partial charge on any atom is 0.320 e. The fourth-order valence-corrected chi connectivity index (χ4v) is 10.0. The molecular formula is C38H70N4O6. The summed E-state index contributed by atoms with van der Waals surface area (Å²) in [5.74, 6) is -1.93. The molecule has 48 heavy (non-hydrogen) atoms. The van der Waals surface area contributed by atoms with Gasteiger partial charge >= 0.3 is 24.0 Å². The topological polar surface area (TPSA) is 122 Å². The molecule has 0 aliphatic carbocycles. The van der Waals surface area contributed by atoms with E-state index in [1.807, 2.05) is 47.3 Å². The number of aliphatic carboxylic acids is 2. The van der Waals surface area contributed by atoms with Crippen molar-refractivity contribution >= 4 is 24.0 Å². The summed E-state index contributed by atoms with van der Waals surface area (Å²) >= 11 is 0. The molecule has 0 spiro atoms. The summed E-state index contributed by atoms with van der Waals surface area (Å²) in [6.07, 6.45) is 6.86. The normalized spacial score (nSPS) is 20.8. The minimum atomic E-state index is -1.06. The molecular weight excluding hydrogens is 608 g/mol. The number of hydrogen-bond donors (Lipinski definition) is 2. The molecule has 278 valence electrons. The van der Waals surface area contributed by atoms with Crippen LogP contribution in [0.25, 0.3) is 0 Å². The van der Waals surface area contributed by atoms with Crippen LogP contribution in [0.5, 0.6) is 0 Å². The zero-order valence-corrected chi connectivity index (χ0v) is 32.6. The van der Waals surface area contributed by atoms with Gasteiger partial charge in [0.25, 0.3) is 0 Å². The minimum absolute atomic E-state index is 0.00113. The first-order valence-corrected chi connectivity index (χ1v) is 18.7. The number of piperidine rings is 2. The van der Waals surface area contributed by atoms with Gasteiger partial charge in [0, 0.05) is 54.8 Å². The Bertz CT molecular complexity index is 1020. The van der Waals surface area contributed by atoms with Gasteiger partial charge in [0.1, 0.15) is 0 Å². The zero-order valence-electron chi connectivity index (χ0n) is 32.6. The van der Waals surface area contributed by atoms with Gasteiger partial charge in [-0.3, -0.25) is 9.59 Å². The van der Waals surface area contributed by atoms with E-state index in [0.717, 1.165) is 25.7 Å². The summed E-state index contributed by atoms with van der Waals surface area (Å²) in [7, 11) is 0. The molecule has 2 saturated heterocycles. The van der Waals surface area contributed by atoms with Crippen molar-refractivity contribution in [3.63, 3.8) is 0 Å². The zero-order chi connectivity index (χ0) is 36.9. The predicted octanol–water partition coefficient (Wildman–Crippen LogP) is 8.33. The van der Waals surface area contributed by atoms with Crippen molar-refractivity contribution in [1.82, 2.24) is 19.6 Å². The van der Waals surface area contributed by atoms with E-state index in [0.29, 0.717) is 64.7 Å². The number of carbonyl (C=O) groups excluding carboxylic acids is 2. The highest BCUT2D eigenvalue weighted by atomic mass is 16.4. The fraction of sp³-hybridized carbons (Fsp3) is 0.895. The molecule has 2 N–H and O–H groups in total. The van der Waals surface area contributed by atoms with Crippen molar-refractivity contribution in [3.8, 4) is 0 Å². The van der Waals surface area contributed by atoms with Crippen LogP contribution < -0.4 is 0 Å². The Morgan fingerprint density at radius 3 is 1.19 bits per heavy atom. The van der Waals surface area contributed by atoms with Gasteiger partial charge in [-0.1, -0.05) is 25.7 Å². The van der Waals surface area contributed by atoms with Crippen LogP contribution in [0, 0.1) is 17.3 Å². The lowest BCUT2D eigenvalue weighted by molar-refractivity contribution is -0.174. The Morgan fingerprint density at radius 1 is 0.583 bits per heavy atom. The van der Waals surface area contributed by atoms with E-state index < -0.39 is 39.5 Å². The van der Waals surface area contributed by atoms with Crippen molar-refractivity contribution in [1.29, 1.82) is 0 Å². The van der Waals surface area contributed by atoms with E-state index >= 15 is 0 Å². The number of carbonyl (C=O) groups is 4. The average Bonchev–Trinajstić information content (AvgIpc) is 2.92. The standard InChI is InChI=1S/C38H70N4O6/c1-13-39(14-2)32(47)41-34(5,6)24-28(25-35(41,7)8)38(31(45)46,23-21-19-17-18-20-22-30(43)44)29-26-36(9,10)42(37(11,12)27-29)33(48)40(15-3)16-4/h28-29H,13-27H2,1-12H3,(H,43,44)(H,45,46). The molecule has 4 amide bonds. The number of amides is 4. The summed E-state index contributed by atoms with van der Waals surface area (Å²) in [5.41, 5.74) is -3.36. The van der Waals surface area contributed by atoms with Crippen molar-refractivity contribution in [2.75, 3.05) is 26.2 Å². The highest BCUT2D eigenvalue weighted by Gasteiger charge is 2.62. The van der Waals surface area contributed by atoms with E-state index in [9.17, 15) is 24.3 Å². The number of nitrogens with zero attached hydrogens (tertiary/aromatic N) is 4. The third kappa shape index (κ3) is 8.79. The quantitative estimate of drug-likeness (QED) is 0.168. The van der Waals surface area contributed by atoms with Crippen LogP contribution >= 0.6 is 0 Å². The first-order valence-electron chi connectivity index (χ1n) is 18.7. The number of likely N-dealkylation sites (tertiary alicyclic amines) is 2. The van der Waals surface area contributed by atoms with Gasteiger partial charge < -0.3 is 29.8 Å². The van der Waals surface area contributed by atoms with E-state index in [1.54, 1.807) is 0 Å². The maximum atomic E-state index is 14.1. The molecule has 0 bridgehead atoms. The molecule has 2 aliphatic heterocycles. The van der Waals surface area contributed by atoms with Gasteiger partial charge in [0.2, 0.25) is 0 Å². The second kappa shape index (κ2) is 16.0. The summed E-state index contributed by atoms with van der Waals surface area (Å²) in [6, 6.07) is 0.00227. The van der Waals surface area contributed by atoms with E-state index in [1.165, 1.54) is 0 Å². The van der Waals surface area contributed by atoms with Crippen molar-refractivity contribution in [2.24, 2.45) is 17.3 Å². The minimum Gasteiger partial charge on any atom is -0.481 e. The highest BCUT2D eigenvalue weighted by Crippen LogP contribution is 2.59. The van der Waals surface area contributed by atoms with Crippen LogP contribution in [0.3, 0.4) is 0 Å². The summed E-state index contributed by atoms with van der Waals surface area (Å²) < 4.78 is 0. The van der Waals surface area contributed by atoms with Gasteiger partial charge in [-0.05, 0) is 133 Å². The van der Waals surface area contributed by atoms with Crippen LogP contribution in [0.2, 0.25) is 0 Å². The number of rotatable bonds is 15. The molecule has 0 aromatic heterocycles. The summed E-state index contributed by atoms with van der Waals surface area (Å²) in [6.45, 7) is 27.2. The Hall–Kier alpha value is -2.52. The molecule has 2 heterocycles. The molecule has 0 unspecified atom stereocenters. The van der Waals surface area contributed by atoms with Crippen molar-refractivity contribution in [2.45, 2.75) is 176 Å². The molecule has 0 aromatic carbocycles. The van der Waals surface area contributed by atoms with E-state index in [4.69, 9.17) is 5.11 Å². The predicted molar refractivity (Wildman–Crippen MR) is 192 cm³/mol. The number of carboxylic acid groups (broad SMARTS) is 2. The fourth-order valence-electron chi connectivity index (χ4n) is 10.0. The Kier molecular flexibility index (Phi) is 13.9. The second-order valence-electron chi connectivity index (χ2n) is 17.0. The first-order chi connectivity index (χ1) is 22.1. The summed E-state index contributed by atoms with van der Waals surface area (Å²) in [5, 5.41) is 20.6. The van der Waals surface area contributed by atoms with Gasteiger partial charge in [-0.2, -0.15) is 0 Å². The Labute approximate surface area is 292 Å². The Balaban J connectivity index is 2.62. The van der Waals surface area contributed by atoms with Crippen LogP contribution in [-0.4, -0.2) is 102 Å². The SMILES string of the molecule is CCN(CC)C(=O)N1C(C)(C)CC(C(CCCCCCCC(=O)O)(C(=O)O)C2CC(C)(C)N(C(=O)N(CC)CC)C(C)(C)C2)CC1(C)C. The van der Waals surface area contributed by atoms with Gasteiger partial charge in [-0.25, -0.2) is 9.59 Å². The maximum absolute atomic E-state index is 14.1. The summed E-state index contributed by atoms with van der Waals surface area (Å²) in [4.78, 5) is 60.7. The van der Waals surface area contributed by atoms with E-state index in [2.05, 4.69) is 55.4 Å². The van der Waals surface area contributed by atoms with Crippen LogP contribution in [0.4, 0.5) is 9.59 Å². The molecule has 0 aromatic rings. The molecule has 2 fully saturated rings. The van der Waals surface area contributed by atoms with Gasteiger partial charge in [0.15, 0.2) is 0 Å². The van der Waals surface area contributed by atoms with Crippen LogP contribution in [0.1, 0.15) is 154 Å². The number of carboxylic acids is 2. The van der Waals surface area contributed by atoms with Crippen LogP contribution in [0.15, 0.2) is 0 Å². The number of unbranched alkanes of at least 4 members (excludes halogenated alkanes) is 4. The first kappa shape index (κ1) is 41.7. The Morgan fingerprint density at radius 2 is 0.896 bits per heavy atom. The lowest BCUT2D eigenvalue weighted by Gasteiger charge is -2.63. The highest BCUT2D eigenvalue weighted by molar-refractivity contribution is 5.79. The average molecular weight is 679 g/mol. The molecule has 2 rings (SSSR count). The van der Waals surface area contributed by atoms with Crippen molar-refractivity contribution in [3.05, 3.63) is 0 Å². The van der Waals surface area contributed by atoms with Gasteiger partial charge in [-0.15, -0.1) is 0 Å². The van der Waals surface area contributed by atoms with Gasteiger partial charge in [0.05, 0.1) is 5.41 Å². The molecule has 0 saturated carbocycles. The van der Waals surface area contributed by atoms with E-state index in [-0.39, 0.29) is 30.3 Å². The van der Waals surface area contributed by atoms with Crippen molar-refractivity contribution < 1.29 is 29.4 Å². The lowest BCUT2D eigenvalue weighted by atomic mass is 9.52. The lowest BCUT2D eigenvalue weighted by Crippen LogP contribution is -2.70. The largest absolute Gasteiger partial charge is 0.481 e. The smallest absolute Gasteiger partial charge is 0.320 e. The number of urea groups is 2. The molecule has 0 atom stereocenters.